The number of aliphatic imine (C=N–C) groups is 1. The van der Waals surface area contributed by atoms with Gasteiger partial charge in [-0.2, -0.15) is 4.98 Å². The van der Waals surface area contributed by atoms with Crippen molar-refractivity contribution in [2.75, 3.05) is 11.9 Å². The predicted octanol–water partition coefficient (Wildman–Crippen LogP) is 4.00. The summed E-state index contributed by atoms with van der Waals surface area (Å²) >= 11 is 11.9. The second-order valence-electron chi connectivity index (χ2n) is 5.62. The second-order valence-corrected chi connectivity index (χ2v) is 6.37. The van der Waals surface area contributed by atoms with Crippen LogP contribution in [0.5, 0.6) is 0 Å². The van der Waals surface area contributed by atoms with Gasteiger partial charge in [0.1, 0.15) is 5.02 Å². The Hall–Kier alpha value is -2.11. The van der Waals surface area contributed by atoms with E-state index >= 15 is 0 Å². The zero-order valence-corrected chi connectivity index (χ0v) is 14.4. The molecule has 7 heteroatoms. The fourth-order valence-electron chi connectivity index (χ4n) is 2.56. The fourth-order valence-corrected chi connectivity index (χ4v) is 2.83. The van der Waals surface area contributed by atoms with Crippen molar-refractivity contribution >= 4 is 40.9 Å². The highest BCUT2D eigenvalue weighted by molar-refractivity contribution is 6.33. The SMILES string of the molecule is NC1=CC(CCc2cccc(Nc3nc(Cl)ncc3Cl)c2)CN=C1. The number of hydrogen-bond acceptors (Lipinski definition) is 5. The molecule has 1 unspecified atom stereocenters. The van der Waals surface area contributed by atoms with Crippen LogP contribution in [0, 0.1) is 5.92 Å². The number of benzene rings is 1. The molecule has 2 aromatic rings. The van der Waals surface area contributed by atoms with E-state index in [0.29, 0.717) is 16.8 Å². The van der Waals surface area contributed by atoms with Crippen LogP contribution in [0.3, 0.4) is 0 Å². The van der Waals surface area contributed by atoms with Gasteiger partial charge < -0.3 is 11.1 Å². The minimum absolute atomic E-state index is 0.153. The summed E-state index contributed by atoms with van der Waals surface area (Å²) in [4.78, 5) is 12.2. The zero-order valence-electron chi connectivity index (χ0n) is 12.9. The Kier molecular flexibility index (Phi) is 5.33. The van der Waals surface area contributed by atoms with Gasteiger partial charge in [0.05, 0.1) is 6.20 Å². The van der Waals surface area contributed by atoms with E-state index in [2.05, 4.69) is 38.5 Å². The van der Waals surface area contributed by atoms with Crippen molar-refractivity contribution in [3.8, 4) is 0 Å². The van der Waals surface area contributed by atoms with Gasteiger partial charge in [0.25, 0.3) is 0 Å². The molecule has 3 N–H and O–H groups in total. The summed E-state index contributed by atoms with van der Waals surface area (Å²) in [6.07, 6.45) is 7.22. The number of hydrogen-bond donors (Lipinski definition) is 2. The van der Waals surface area contributed by atoms with Crippen LogP contribution in [-0.4, -0.2) is 22.7 Å². The van der Waals surface area contributed by atoms with E-state index in [1.54, 1.807) is 6.21 Å². The minimum Gasteiger partial charge on any atom is -0.398 e. The van der Waals surface area contributed by atoms with E-state index in [0.717, 1.165) is 30.8 Å². The van der Waals surface area contributed by atoms with Crippen molar-refractivity contribution in [2.24, 2.45) is 16.6 Å². The summed E-state index contributed by atoms with van der Waals surface area (Å²) in [5.41, 5.74) is 8.67. The van der Waals surface area contributed by atoms with Gasteiger partial charge in [0.2, 0.25) is 5.28 Å². The molecule has 1 aliphatic heterocycles. The molecule has 24 heavy (non-hydrogen) atoms. The summed E-state index contributed by atoms with van der Waals surface area (Å²) in [5.74, 6) is 0.882. The van der Waals surface area contributed by atoms with Gasteiger partial charge in [0, 0.05) is 24.1 Å². The molecule has 3 rings (SSSR count). The van der Waals surface area contributed by atoms with E-state index in [1.807, 2.05) is 12.1 Å². The molecule has 124 valence electrons. The summed E-state index contributed by atoms with van der Waals surface area (Å²) < 4.78 is 0. The average molecular weight is 362 g/mol. The third-order valence-electron chi connectivity index (χ3n) is 3.72. The van der Waals surface area contributed by atoms with Crippen molar-refractivity contribution in [1.29, 1.82) is 0 Å². The van der Waals surface area contributed by atoms with Crippen LogP contribution >= 0.6 is 23.2 Å². The van der Waals surface area contributed by atoms with Gasteiger partial charge in [-0.25, -0.2) is 4.98 Å². The van der Waals surface area contributed by atoms with Crippen molar-refractivity contribution in [1.82, 2.24) is 9.97 Å². The maximum absolute atomic E-state index is 6.08. The van der Waals surface area contributed by atoms with Crippen LogP contribution in [-0.2, 0) is 6.42 Å². The Balaban J connectivity index is 1.66. The summed E-state index contributed by atoms with van der Waals surface area (Å²) in [5, 5.41) is 3.75. The summed E-state index contributed by atoms with van der Waals surface area (Å²) in [6.45, 7) is 0.799. The fraction of sp³-hybridized carbons (Fsp3) is 0.235. The van der Waals surface area contributed by atoms with Gasteiger partial charge in [-0.3, -0.25) is 4.99 Å². The monoisotopic (exact) mass is 361 g/mol. The molecule has 2 heterocycles. The van der Waals surface area contributed by atoms with Crippen molar-refractivity contribution < 1.29 is 0 Å². The molecular formula is C17H17Cl2N5. The first-order chi connectivity index (χ1) is 11.6. The van der Waals surface area contributed by atoms with E-state index in [9.17, 15) is 0 Å². The Labute approximate surface area is 150 Å². The predicted molar refractivity (Wildman–Crippen MR) is 99.2 cm³/mol. The molecule has 1 aliphatic rings. The first-order valence-electron chi connectivity index (χ1n) is 7.61. The summed E-state index contributed by atoms with van der Waals surface area (Å²) in [7, 11) is 0. The molecule has 0 spiro atoms. The number of aromatic nitrogens is 2. The molecule has 1 aromatic carbocycles. The average Bonchev–Trinajstić information content (AvgIpc) is 2.57. The van der Waals surface area contributed by atoms with E-state index in [1.165, 1.54) is 11.8 Å². The number of halogens is 2. The van der Waals surface area contributed by atoms with Crippen molar-refractivity contribution in [3.63, 3.8) is 0 Å². The standard InChI is InChI=1S/C17H17Cl2N5/c18-15-10-22-17(19)24-16(15)23-14-3-1-2-11(7-14)4-5-12-6-13(20)9-21-8-12/h1-3,6-7,9-10,12H,4-5,8,20H2,(H,22,23,24). The van der Waals surface area contributed by atoms with Crippen LogP contribution in [0.2, 0.25) is 10.3 Å². The maximum Gasteiger partial charge on any atom is 0.224 e. The van der Waals surface area contributed by atoms with Gasteiger partial charge >= 0.3 is 0 Å². The lowest BCUT2D eigenvalue weighted by Gasteiger charge is -2.15. The molecule has 1 aromatic heterocycles. The van der Waals surface area contributed by atoms with Crippen LogP contribution < -0.4 is 11.1 Å². The Morgan fingerprint density at radius 2 is 2.17 bits per heavy atom. The lowest BCUT2D eigenvalue weighted by atomic mass is 9.97. The topological polar surface area (TPSA) is 76.2 Å². The van der Waals surface area contributed by atoms with Gasteiger partial charge in [-0.15, -0.1) is 0 Å². The normalized spacial score (nSPS) is 16.8. The molecule has 0 aliphatic carbocycles. The van der Waals surface area contributed by atoms with Crippen LogP contribution in [0.4, 0.5) is 11.5 Å². The van der Waals surface area contributed by atoms with Crippen molar-refractivity contribution in [3.05, 3.63) is 58.1 Å². The molecule has 0 saturated carbocycles. The maximum atomic E-state index is 6.08. The largest absolute Gasteiger partial charge is 0.398 e. The molecule has 0 saturated heterocycles. The second kappa shape index (κ2) is 7.64. The lowest BCUT2D eigenvalue weighted by molar-refractivity contribution is 0.596. The Morgan fingerprint density at radius 3 is 3.00 bits per heavy atom. The number of nitrogens with zero attached hydrogens (tertiary/aromatic N) is 3. The lowest BCUT2D eigenvalue weighted by Crippen LogP contribution is -2.13. The molecular weight excluding hydrogens is 345 g/mol. The smallest absolute Gasteiger partial charge is 0.224 e. The van der Waals surface area contributed by atoms with Gasteiger partial charge in [-0.05, 0) is 48.1 Å². The molecule has 0 radical (unpaired) electrons. The third kappa shape index (κ3) is 4.46. The number of allylic oxidation sites excluding steroid dienone is 1. The first-order valence-corrected chi connectivity index (χ1v) is 8.37. The molecule has 0 bridgehead atoms. The third-order valence-corrected chi connectivity index (χ3v) is 4.18. The number of dihydropyridines is 1. The van der Waals surface area contributed by atoms with E-state index in [-0.39, 0.29) is 5.28 Å². The molecule has 5 nitrogen and oxygen atoms in total. The number of nitrogens with one attached hydrogen (secondary N) is 1. The van der Waals surface area contributed by atoms with Crippen molar-refractivity contribution in [2.45, 2.75) is 12.8 Å². The summed E-state index contributed by atoms with van der Waals surface area (Å²) in [6, 6.07) is 8.13. The van der Waals surface area contributed by atoms with Gasteiger partial charge in [0.15, 0.2) is 5.82 Å². The van der Waals surface area contributed by atoms with E-state index < -0.39 is 0 Å². The molecule has 0 fully saturated rings. The highest BCUT2D eigenvalue weighted by atomic mass is 35.5. The minimum atomic E-state index is 0.153. The number of anilines is 2. The highest BCUT2D eigenvalue weighted by Gasteiger charge is 2.10. The van der Waals surface area contributed by atoms with Crippen LogP contribution in [0.15, 0.2) is 47.2 Å². The molecule has 0 amide bonds. The number of rotatable bonds is 5. The Morgan fingerprint density at radius 1 is 1.29 bits per heavy atom. The quantitative estimate of drug-likeness (QED) is 0.789. The highest BCUT2D eigenvalue weighted by Crippen LogP contribution is 2.25. The Bertz CT molecular complexity index is 788. The van der Waals surface area contributed by atoms with Crippen LogP contribution in [0.25, 0.3) is 0 Å². The number of nitrogens with two attached hydrogens (primary N) is 1. The first kappa shape index (κ1) is 16.7. The number of aryl methyl sites for hydroxylation is 1. The van der Waals surface area contributed by atoms with Gasteiger partial charge in [-0.1, -0.05) is 29.8 Å². The van der Waals surface area contributed by atoms with E-state index in [4.69, 9.17) is 28.9 Å². The van der Waals surface area contributed by atoms with Crippen LogP contribution in [0.1, 0.15) is 12.0 Å². The zero-order chi connectivity index (χ0) is 16.9. The molecule has 1 atom stereocenters.